The van der Waals surface area contributed by atoms with Gasteiger partial charge in [0.05, 0.1) is 18.4 Å². The van der Waals surface area contributed by atoms with Crippen molar-refractivity contribution in [3.05, 3.63) is 58.3 Å². The van der Waals surface area contributed by atoms with Gasteiger partial charge in [0.15, 0.2) is 11.0 Å². The normalized spacial score (nSPS) is 15.9. The Hall–Kier alpha value is -2.13. The number of hydrogen-bond acceptors (Lipinski definition) is 5. The number of amides is 1. The fourth-order valence-corrected chi connectivity index (χ4v) is 4.59. The van der Waals surface area contributed by atoms with Gasteiger partial charge < -0.3 is 10.1 Å². The van der Waals surface area contributed by atoms with Crippen molar-refractivity contribution < 1.29 is 13.9 Å². The molecule has 1 aliphatic heterocycles. The molecule has 1 N–H and O–H groups in total. The van der Waals surface area contributed by atoms with Crippen LogP contribution in [0.25, 0.3) is 11.4 Å². The second kappa shape index (κ2) is 9.99. The first kappa shape index (κ1) is 22.1. The molecule has 1 fully saturated rings. The topological polar surface area (TPSA) is 69.0 Å². The molecule has 31 heavy (non-hydrogen) atoms. The Morgan fingerprint density at radius 1 is 1.19 bits per heavy atom. The van der Waals surface area contributed by atoms with E-state index < -0.39 is 0 Å². The van der Waals surface area contributed by atoms with Gasteiger partial charge in [-0.05, 0) is 55.3 Å². The zero-order chi connectivity index (χ0) is 21.8. The first-order chi connectivity index (χ1) is 15.0. The third-order valence-corrected chi connectivity index (χ3v) is 6.11. The Morgan fingerprint density at radius 3 is 2.61 bits per heavy atom. The molecule has 1 saturated heterocycles. The molecule has 2 aromatic carbocycles. The summed E-state index contributed by atoms with van der Waals surface area (Å²) in [6.45, 7) is 1.29. The van der Waals surface area contributed by atoms with E-state index in [0.717, 1.165) is 25.0 Å². The quantitative estimate of drug-likeness (QED) is 0.464. The molecule has 162 valence electrons. The van der Waals surface area contributed by atoms with Crippen molar-refractivity contribution >= 4 is 46.6 Å². The Balaban J connectivity index is 1.50. The summed E-state index contributed by atoms with van der Waals surface area (Å²) in [4.78, 5) is 12.4. The molecule has 2 heterocycles. The van der Waals surface area contributed by atoms with Crippen LogP contribution in [0.15, 0.2) is 47.6 Å². The molecule has 3 aromatic rings. The van der Waals surface area contributed by atoms with E-state index in [-0.39, 0.29) is 23.6 Å². The van der Waals surface area contributed by atoms with Crippen molar-refractivity contribution in [3.8, 4) is 11.4 Å². The first-order valence-electron chi connectivity index (χ1n) is 9.67. The van der Waals surface area contributed by atoms with E-state index in [2.05, 4.69) is 15.5 Å². The predicted octanol–water partition coefficient (Wildman–Crippen LogP) is 5.30. The SMILES string of the molecule is O=C(CSc1nnc(-c2ccc(F)cc2)n1CC1CCCO1)Nc1cc(Cl)cc(Cl)c1. The summed E-state index contributed by atoms with van der Waals surface area (Å²) >= 11 is 13.2. The first-order valence-corrected chi connectivity index (χ1v) is 11.4. The second-order valence-corrected chi connectivity index (χ2v) is 8.87. The highest BCUT2D eigenvalue weighted by Crippen LogP contribution is 2.27. The van der Waals surface area contributed by atoms with E-state index in [9.17, 15) is 9.18 Å². The van der Waals surface area contributed by atoms with Crippen LogP contribution in [-0.2, 0) is 16.1 Å². The van der Waals surface area contributed by atoms with Crippen molar-refractivity contribution in [1.29, 1.82) is 0 Å². The number of rotatable bonds is 7. The highest BCUT2D eigenvalue weighted by atomic mass is 35.5. The molecule has 1 aromatic heterocycles. The van der Waals surface area contributed by atoms with Crippen molar-refractivity contribution in [3.63, 3.8) is 0 Å². The van der Waals surface area contributed by atoms with E-state index in [4.69, 9.17) is 27.9 Å². The van der Waals surface area contributed by atoms with Crippen LogP contribution in [0, 0.1) is 5.82 Å². The summed E-state index contributed by atoms with van der Waals surface area (Å²) in [6.07, 6.45) is 2.00. The molecule has 1 atom stereocenters. The van der Waals surface area contributed by atoms with Crippen LogP contribution in [0.5, 0.6) is 0 Å². The van der Waals surface area contributed by atoms with Crippen LogP contribution in [0.1, 0.15) is 12.8 Å². The molecule has 10 heteroatoms. The number of hydrogen-bond donors (Lipinski definition) is 1. The fourth-order valence-electron chi connectivity index (χ4n) is 3.32. The maximum atomic E-state index is 13.3. The Morgan fingerprint density at radius 2 is 1.94 bits per heavy atom. The van der Waals surface area contributed by atoms with Crippen molar-refractivity contribution in [1.82, 2.24) is 14.8 Å². The van der Waals surface area contributed by atoms with Crippen LogP contribution in [0.3, 0.4) is 0 Å². The molecule has 1 unspecified atom stereocenters. The minimum atomic E-state index is -0.318. The van der Waals surface area contributed by atoms with Crippen molar-refractivity contribution in [2.24, 2.45) is 0 Å². The lowest BCUT2D eigenvalue weighted by Gasteiger charge is -2.14. The number of benzene rings is 2. The van der Waals surface area contributed by atoms with Crippen LogP contribution >= 0.6 is 35.0 Å². The minimum absolute atomic E-state index is 0.0528. The number of nitrogens with zero attached hydrogens (tertiary/aromatic N) is 3. The van der Waals surface area contributed by atoms with Crippen LogP contribution in [0.2, 0.25) is 10.0 Å². The number of aromatic nitrogens is 3. The number of thioether (sulfide) groups is 1. The monoisotopic (exact) mass is 480 g/mol. The van der Waals surface area contributed by atoms with E-state index in [0.29, 0.717) is 33.3 Å². The molecule has 0 spiro atoms. The standard InChI is InChI=1S/C21H19Cl2FN4O2S/c22-14-8-15(23)10-17(9-14)25-19(29)12-31-21-27-26-20(13-3-5-16(24)6-4-13)28(21)11-18-2-1-7-30-18/h3-6,8-10,18H,1-2,7,11-12H2,(H,25,29). The largest absolute Gasteiger partial charge is 0.376 e. The summed E-state index contributed by atoms with van der Waals surface area (Å²) in [5.41, 5.74) is 1.27. The Bertz CT molecular complexity index is 1050. The lowest BCUT2D eigenvalue weighted by molar-refractivity contribution is -0.113. The number of carbonyl (C=O) groups is 1. The summed E-state index contributed by atoms with van der Waals surface area (Å²) < 4.78 is 21.0. The molecule has 0 aliphatic carbocycles. The fraction of sp³-hybridized carbons (Fsp3) is 0.286. The maximum absolute atomic E-state index is 13.3. The maximum Gasteiger partial charge on any atom is 0.234 e. The van der Waals surface area contributed by atoms with E-state index in [1.165, 1.54) is 23.9 Å². The van der Waals surface area contributed by atoms with Gasteiger partial charge in [0.25, 0.3) is 0 Å². The molecular weight excluding hydrogens is 462 g/mol. The van der Waals surface area contributed by atoms with Gasteiger partial charge in [0.1, 0.15) is 5.82 Å². The van der Waals surface area contributed by atoms with Crippen LogP contribution < -0.4 is 5.32 Å². The molecule has 6 nitrogen and oxygen atoms in total. The van der Waals surface area contributed by atoms with Gasteiger partial charge in [-0.1, -0.05) is 35.0 Å². The molecule has 1 amide bonds. The van der Waals surface area contributed by atoms with Gasteiger partial charge in [0.2, 0.25) is 5.91 Å². The predicted molar refractivity (Wildman–Crippen MR) is 120 cm³/mol. The van der Waals surface area contributed by atoms with Gasteiger partial charge in [0, 0.05) is 27.9 Å². The number of anilines is 1. The molecular formula is C21H19Cl2FN4O2S. The van der Waals surface area contributed by atoms with Gasteiger partial charge >= 0.3 is 0 Å². The number of carbonyl (C=O) groups excluding carboxylic acids is 1. The number of halogens is 3. The van der Waals surface area contributed by atoms with Crippen LogP contribution in [0.4, 0.5) is 10.1 Å². The zero-order valence-electron chi connectivity index (χ0n) is 16.4. The van der Waals surface area contributed by atoms with Crippen LogP contribution in [-0.4, -0.2) is 39.1 Å². The lowest BCUT2D eigenvalue weighted by Crippen LogP contribution is -2.18. The molecule has 0 saturated carbocycles. The van der Waals surface area contributed by atoms with Gasteiger partial charge in [-0.3, -0.25) is 9.36 Å². The lowest BCUT2D eigenvalue weighted by atomic mass is 10.2. The molecule has 1 aliphatic rings. The number of ether oxygens (including phenoxy) is 1. The minimum Gasteiger partial charge on any atom is -0.376 e. The summed E-state index contributed by atoms with van der Waals surface area (Å²) in [5, 5.41) is 12.8. The second-order valence-electron chi connectivity index (χ2n) is 7.05. The van der Waals surface area contributed by atoms with E-state index >= 15 is 0 Å². The highest BCUT2D eigenvalue weighted by Gasteiger charge is 2.22. The molecule has 0 bridgehead atoms. The molecule has 4 rings (SSSR count). The average molecular weight is 481 g/mol. The zero-order valence-corrected chi connectivity index (χ0v) is 18.7. The third-order valence-electron chi connectivity index (χ3n) is 4.71. The Kier molecular flexibility index (Phi) is 7.12. The number of nitrogens with one attached hydrogen (secondary N) is 1. The van der Waals surface area contributed by atoms with Gasteiger partial charge in [-0.15, -0.1) is 10.2 Å². The molecule has 0 radical (unpaired) electrons. The van der Waals surface area contributed by atoms with E-state index in [1.54, 1.807) is 30.3 Å². The van der Waals surface area contributed by atoms with Crippen molar-refractivity contribution in [2.45, 2.75) is 30.6 Å². The Labute approximate surface area is 193 Å². The van der Waals surface area contributed by atoms with Crippen molar-refractivity contribution in [2.75, 3.05) is 17.7 Å². The van der Waals surface area contributed by atoms with Gasteiger partial charge in [-0.2, -0.15) is 0 Å². The summed E-state index contributed by atoms with van der Waals surface area (Å²) in [6, 6.07) is 10.9. The summed E-state index contributed by atoms with van der Waals surface area (Å²) in [7, 11) is 0. The third kappa shape index (κ3) is 5.77. The average Bonchev–Trinajstić information content (AvgIpc) is 3.37. The van der Waals surface area contributed by atoms with Gasteiger partial charge in [-0.25, -0.2) is 4.39 Å². The summed E-state index contributed by atoms with van der Waals surface area (Å²) in [5.74, 6) is 0.191. The highest BCUT2D eigenvalue weighted by molar-refractivity contribution is 7.99. The van der Waals surface area contributed by atoms with E-state index in [1.807, 2.05) is 4.57 Å². The smallest absolute Gasteiger partial charge is 0.234 e.